The normalized spacial score (nSPS) is 10.1. The van der Waals surface area contributed by atoms with E-state index in [9.17, 15) is 14.0 Å². The number of benzene rings is 2. The molecule has 0 aliphatic carbocycles. The molecule has 6 heteroatoms. The molecule has 0 saturated carbocycles. The summed E-state index contributed by atoms with van der Waals surface area (Å²) in [5, 5.41) is 2.63. The maximum Gasteiger partial charge on any atom is 0.244 e. The van der Waals surface area contributed by atoms with E-state index in [2.05, 4.69) is 5.32 Å². The number of rotatable bonds is 6. The molecule has 0 unspecified atom stereocenters. The second-order valence-electron chi connectivity index (χ2n) is 5.09. The van der Waals surface area contributed by atoms with Gasteiger partial charge >= 0.3 is 0 Å². The molecular formula is C18H19FN2O3. The SMILES string of the molecule is CCOc1ccc(N(CC(=O)Nc2ccc(F)cc2)C(C)=O)cc1. The van der Waals surface area contributed by atoms with Crippen LogP contribution in [0.15, 0.2) is 48.5 Å². The average molecular weight is 330 g/mol. The number of amides is 2. The van der Waals surface area contributed by atoms with E-state index in [1.165, 1.54) is 36.1 Å². The van der Waals surface area contributed by atoms with Gasteiger partial charge in [0.1, 0.15) is 18.1 Å². The molecule has 0 aliphatic heterocycles. The quantitative estimate of drug-likeness (QED) is 0.885. The van der Waals surface area contributed by atoms with Crippen molar-refractivity contribution in [2.45, 2.75) is 13.8 Å². The third-order valence-electron chi connectivity index (χ3n) is 3.27. The highest BCUT2D eigenvalue weighted by molar-refractivity contribution is 6.01. The van der Waals surface area contributed by atoms with Crippen LogP contribution >= 0.6 is 0 Å². The van der Waals surface area contributed by atoms with Crippen LogP contribution in [0.25, 0.3) is 0 Å². The van der Waals surface area contributed by atoms with Gasteiger partial charge in [0.15, 0.2) is 0 Å². The molecule has 1 N–H and O–H groups in total. The molecule has 0 heterocycles. The van der Waals surface area contributed by atoms with E-state index < -0.39 is 0 Å². The van der Waals surface area contributed by atoms with Crippen LogP contribution in [0.3, 0.4) is 0 Å². The maximum absolute atomic E-state index is 12.9. The van der Waals surface area contributed by atoms with Crippen molar-refractivity contribution in [1.82, 2.24) is 0 Å². The van der Waals surface area contributed by atoms with Gasteiger partial charge in [0.25, 0.3) is 0 Å². The molecule has 0 atom stereocenters. The molecule has 5 nitrogen and oxygen atoms in total. The highest BCUT2D eigenvalue weighted by Crippen LogP contribution is 2.20. The Labute approximate surface area is 140 Å². The van der Waals surface area contributed by atoms with Gasteiger partial charge in [-0.25, -0.2) is 4.39 Å². The monoisotopic (exact) mass is 330 g/mol. The first-order valence-corrected chi connectivity index (χ1v) is 7.56. The molecule has 24 heavy (non-hydrogen) atoms. The lowest BCUT2D eigenvalue weighted by molar-refractivity contribution is -0.120. The molecule has 0 saturated heterocycles. The minimum atomic E-state index is -0.382. The number of anilines is 2. The van der Waals surface area contributed by atoms with Crippen molar-refractivity contribution in [2.75, 3.05) is 23.4 Å². The Kier molecular flexibility index (Phi) is 5.89. The highest BCUT2D eigenvalue weighted by Gasteiger charge is 2.16. The third kappa shape index (κ3) is 4.81. The summed E-state index contributed by atoms with van der Waals surface area (Å²) in [6.07, 6.45) is 0. The van der Waals surface area contributed by atoms with Crippen molar-refractivity contribution in [3.8, 4) is 5.75 Å². The Balaban J connectivity index is 2.06. The minimum absolute atomic E-state index is 0.138. The Morgan fingerprint density at radius 3 is 2.25 bits per heavy atom. The number of ether oxygens (including phenoxy) is 1. The fraction of sp³-hybridized carbons (Fsp3) is 0.222. The van der Waals surface area contributed by atoms with Crippen LogP contribution in [-0.2, 0) is 9.59 Å². The topological polar surface area (TPSA) is 58.6 Å². The third-order valence-corrected chi connectivity index (χ3v) is 3.27. The van der Waals surface area contributed by atoms with Crippen molar-refractivity contribution in [2.24, 2.45) is 0 Å². The molecule has 0 aromatic heterocycles. The van der Waals surface area contributed by atoms with Gasteiger partial charge in [0.05, 0.1) is 6.61 Å². The molecular weight excluding hydrogens is 311 g/mol. The number of hydrogen-bond donors (Lipinski definition) is 1. The summed E-state index contributed by atoms with van der Waals surface area (Å²) < 4.78 is 18.2. The smallest absolute Gasteiger partial charge is 0.244 e. The molecule has 126 valence electrons. The lowest BCUT2D eigenvalue weighted by Crippen LogP contribution is -2.36. The number of nitrogens with zero attached hydrogens (tertiary/aromatic N) is 1. The van der Waals surface area contributed by atoms with E-state index in [1.807, 2.05) is 6.92 Å². The van der Waals surface area contributed by atoms with Gasteiger partial charge in [-0.05, 0) is 55.5 Å². The van der Waals surface area contributed by atoms with E-state index in [4.69, 9.17) is 4.74 Å². The van der Waals surface area contributed by atoms with Crippen LogP contribution in [0, 0.1) is 5.82 Å². The number of hydrogen-bond acceptors (Lipinski definition) is 3. The molecule has 0 spiro atoms. The maximum atomic E-state index is 12.9. The van der Waals surface area contributed by atoms with E-state index in [0.29, 0.717) is 23.7 Å². The zero-order valence-corrected chi connectivity index (χ0v) is 13.6. The van der Waals surface area contributed by atoms with E-state index in [0.717, 1.165) is 0 Å². The van der Waals surface area contributed by atoms with Crippen LogP contribution < -0.4 is 15.0 Å². The molecule has 2 rings (SSSR count). The second-order valence-corrected chi connectivity index (χ2v) is 5.09. The first-order valence-electron chi connectivity index (χ1n) is 7.56. The molecule has 0 bridgehead atoms. The van der Waals surface area contributed by atoms with Gasteiger partial charge in [-0.3, -0.25) is 9.59 Å². The minimum Gasteiger partial charge on any atom is -0.494 e. The van der Waals surface area contributed by atoms with E-state index in [1.54, 1.807) is 24.3 Å². The van der Waals surface area contributed by atoms with Crippen molar-refractivity contribution in [1.29, 1.82) is 0 Å². The molecule has 2 aromatic carbocycles. The fourth-order valence-corrected chi connectivity index (χ4v) is 2.15. The van der Waals surface area contributed by atoms with Crippen molar-refractivity contribution in [3.05, 3.63) is 54.3 Å². The van der Waals surface area contributed by atoms with Gasteiger partial charge in [-0.2, -0.15) is 0 Å². The molecule has 2 amide bonds. The van der Waals surface area contributed by atoms with Gasteiger partial charge in [-0.15, -0.1) is 0 Å². The Hall–Kier alpha value is -2.89. The zero-order valence-electron chi connectivity index (χ0n) is 13.6. The Morgan fingerprint density at radius 2 is 1.71 bits per heavy atom. The highest BCUT2D eigenvalue weighted by atomic mass is 19.1. The zero-order chi connectivity index (χ0) is 17.5. The van der Waals surface area contributed by atoms with Crippen LogP contribution in [0.1, 0.15) is 13.8 Å². The molecule has 0 fully saturated rings. The average Bonchev–Trinajstić information content (AvgIpc) is 2.56. The van der Waals surface area contributed by atoms with Crippen molar-refractivity contribution < 1.29 is 18.7 Å². The Morgan fingerprint density at radius 1 is 1.08 bits per heavy atom. The van der Waals surface area contributed by atoms with Crippen LogP contribution in [-0.4, -0.2) is 25.0 Å². The summed E-state index contributed by atoms with van der Waals surface area (Å²) in [4.78, 5) is 25.3. The summed E-state index contributed by atoms with van der Waals surface area (Å²) in [6.45, 7) is 3.69. The summed E-state index contributed by atoms with van der Waals surface area (Å²) in [5.41, 5.74) is 1.07. The summed E-state index contributed by atoms with van der Waals surface area (Å²) in [5.74, 6) is -0.313. The predicted molar refractivity (Wildman–Crippen MR) is 90.7 cm³/mol. The van der Waals surface area contributed by atoms with Crippen LogP contribution in [0.4, 0.5) is 15.8 Å². The standard InChI is InChI=1S/C18H19FN2O3/c1-3-24-17-10-8-16(9-11-17)21(13(2)22)12-18(23)20-15-6-4-14(19)5-7-15/h4-11H,3,12H2,1-2H3,(H,20,23). The fourth-order valence-electron chi connectivity index (χ4n) is 2.15. The number of nitrogens with one attached hydrogen (secondary N) is 1. The molecule has 0 aliphatic rings. The molecule has 0 radical (unpaired) electrons. The van der Waals surface area contributed by atoms with E-state index in [-0.39, 0.29) is 24.2 Å². The van der Waals surface area contributed by atoms with Gasteiger partial charge in [0, 0.05) is 18.3 Å². The lowest BCUT2D eigenvalue weighted by Gasteiger charge is -2.21. The number of halogens is 1. The van der Waals surface area contributed by atoms with Crippen molar-refractivity contribution >= 4 is 23.2 Å². The second kappa shape index (κ2) is 8.10. The van der Waals surface area contributed by atoms with E-state index >= 15 is 0 Å². The molecule has 2 aromatic rings. The first-order chi connectivity index (χ1) is 11.5. The van der Waals surface area contributed by atoms with Gasteiger partial charge in [0.2, 0.25) is 11.8 Å². The number of carbonyl (C=O) groups excluding carboxylic acids is 2. The van der Waals surface area contributed by atoms with Crippen LogP contribution in [0.5, 0.6) is 5.75 Å². The summed E-state index contributed by atoms with van der Waals surface area (Å²) in [6, 6.07) is 12.4. The largest absolute Gasteiger partial charge is 0.494 e. The first kappa shape index (κ1) is 17.5. The predicted octanol–water partition coefficient (Wildman–Crippen LogP) is 3.22. The lowest BCUT2D eigenvalue weighted by atomic mass is 10.2. The summed E-state index contributed by atoms with van der Waals surface area (Å²) >= 11 is 0. The number of carbonyl (C=O) groups is 2. The Bertz CT molecular complexity index is 699. The van der Waals surface area contributed by atoms with Crippen molar-refractivity contribution in [3.63, 3.8) is 0 Å². The van der Waals surface area contributed by atoms with Gasteiger partial charge < -0.3 is 15.0 Å². The summed E-state index contributed by atoms with van der Waals surface area (Å²) in [7, 11) is 0. The van der Waals surface area contributed by atoms with Crippen LogP contribution in [0.2, 0.25) is 0 Å². The van der Waals surface area contributed by atoms with Gasteiger partial charge in [-0.1, -0.05) is 0 Å².